The molecule has 2 aromatic rings. The molecule has 8 heteroatoms. The number of pyridine rings is 1. The maximum atomic E-state index is 11.8. The Morgan fingerprint density at radius 3 is 2.53 bits per heavy atom. The molecule has 0 spiro atoms. The van der Waals surface area contributed by atoms with Crippen molar-refractivity contribution in [3.8, 4) is 0 Å². The molecular weight excluding hydrogens is 309 g/mol. The number of hydrogen-bond acceptors (Lipinski definition) is 4. The summed E-state index contributed by atoms with van der Waals surface area (Å²) in [5, 5.41) is 2.04. The highest BCUT2D eigenvalue weighted by Gasteiger charge is 2.14. The molecule has 0 unspecified atom stereocenters. The molecule has 0 aliphatic heterocycles. The molecule has 2 amide bonds. The predicted molar refractivity (Wildman–Crippen MR) is 73.5 cm³/mol. The second kappa shape index (κ2) is 6.01. The van der Waals surface area contributed by atoms with Crippen LogP contribution >= 0.6 is 34.5 Å². The van der Waals surface area contributed by atoms with Gasteiger partial charge in [0.2, 0.25) is 0 Å². The quantitative estimate of drug-likeness (QED) is 0.661. The van der Waals surface area contributed by atoms with Crippen molar-refractivity contribution in [3.63, 3.8) is 0 Å². The van der Waals surface area contributed by atoms with Crippen molar-refractivity contribution in [2.75, 3.05) is 0 Å². The highest BCUT2D eigenvalue weighted by atomic mass is 35.5. The van der Waals surface area contributed by atoms with Crippen molar-refractivity contribution in [1.82, 2.24) is 15.8 Å². The van der Waals surface area contributed by atoms with E-state index in [-0.39, 0.29) is 15.9 Å². The van der Waals surface area contributed by atoms with Crippen LogP contribution in [0.2, 0.25) is 10.2 Å². The zero-order chi connectivity index (χ0) is 13.8. The third kappa shape index (κ3) is 3.44. The Labute approximate surface area is 122 Å². The van der Waals surface area contributed by atoms with Crippen LogP contribution in [0, 0.1) is 0 Å². The summed E-state index contributed by atoms with van der Waals surface area (Å²) >= 11 is 12.7. The molecule has 0 saturated carbocycles. The first-order valence-corrected chi connectivity index (χ1v) is 6.67. The summed E-state index contributed by atoms with van der Waals surface area (Å²) in [6, 6.07) is 6.28. The fourth-order valence-electron chi connectivity index (χ4n) is 1.22. The van der Waals surface area contributed by atoms with Crippen LogP contribution in [0.3, 0.4) is 0 Å². The molecule has 5 nitrogen and oxygen atoms in total. The Kier molecular flexibility index (Phi) is 4.36. The number of carbonyl (C=O) groups excluding carboxylic acids is 2. The fraction of sp³-hybridized carbons (Fsp3) is 0. The molecule has 2 N–H and O–H groups in total. The van der Waals surface area contributed by atoms with Gasteiger partial charge in [0.1, 0.15) is 10.8 Å². The summed E-state index contributed by atoms with van der Waals surface area (Å²) in [5.41, 5.74) is 4.42. The Hall–Kier alpha value is -1.63. The Balaban J connectivity index is 2.02. The van der Waals surface area contributed by atoms with Crippen molar-refractivity contribution in [2.24, 2.45) is 0 Å². The van der Waals surface area contributed by atoms with Gasteiger partial charge in [-0.15, -0.1) is 11.3 Å². The van der Waals surface area contributed by atoms with Crippen molar-refractivity contribution >= 4 is 46.4 Å². The highest BCUT2D eigenvalue weighted by Crippen LogP contribution is 2.16. The van der Waals surface area contributed by atoms with E-state index >= 15 is 0 Å². The van der Waals surface area contributed by atoms with Crippen LogP contribution in [-0.2, 0) is 0 Å². The number of halogens is 2. The van der Waals surface area contributed by atoms with E-state index < -0.39 is 11.8 Å². The van der Waals surface area contributed by atoms with Gasteiger partial charge in [0.05, 0.1) is 9.90 Å². The lowest BCUT2D eigenvalue weighted by Gasteiger charge is -2.07. The van der Waals surface area contributed by atoms with Gasteiger partial charge in [-0.1, -0.05) is 29.3 Å². The van der Waals surface area contributed by atoms with E-state index in [0.717, 1.165) is 0 Å². The van der Waals surface area contributed by atoms with Crippen LogP contribution in [0.15, 0.2) is 29.6 Å². The zero-order valence-corrected chi connectivity index (χ0v) is 11.6. The predicted octanol–water partition coefficient (Wildman–Crippen LogP) is 2.52. The number of amides is 2. The largest absolute Gasteiger partial charge is 0.289 e. The number of hydrogen-bond donors (Lipinski definition) is 2. The van der Waals surface area contributed by atoms with Crippen LogP contribution in [-0.4, -0.2) is 16.8 Å². The number of carbonyl (C=O) groups is 2. The van der Waals surface area contributed by atoms with E-state index in [1.807, 2.05) is 0 Å². The third-order valence-corrected chi connectivity index (χ3v) is 3.45. The zero-order valence-electron chi connectivity index (χ0n) is 9.31. The summed E-state index contributed by atoms with van der Waals surface area (Å²) in [5.74, 6) is -1.06. The lowest BCUT2D eigenvalue weighted by molar-refractivity contribution is 0.0846. The van der Waals surface area contributed by atoms with Gasteiger partial charge in [-0.05, 0) is 23.6 Å². The van der Waals surface area contributed by atoms with E-state index in [4.69, 9.17) is 23.2 Å². The first-order chi connectivity index (χ1) is 9.08. The molecule has 19 heavy (non-hydrogen) atoms. The summed E-state index contributed by atoms with van der Waals surface area (Å²) < 4.78 is 0. The highest BCUT2D eigenvalue weighted by molar-refractivity contribution is 7.12. The minimum Gasteiger partial charge on any atom is -0.266 e. The first kappa shape index (κ1) is 13.8. The van der Waals surface area contributed by atoms with Gasteiger partial charge in [0.15, 0.2) is 0 Å². The molecule has 2 rings (SSSR count). The average molecular weight is 316 g/mol. The van der Waals surface area contributed by atoms with Crippen molar-refractivity contribution < 1.29 is 9.59 Å². The lowest BCUT2D eigenvalue weighted by atomic mass is 10.3. The van der Waals surface area contributed by atoms with Gasteiger partial charge < -0.3 is 0 Å². The van der Waals surface area contributed by atoms with Gasteiger partial charge in [0, 0.05) is 0 Å². The maximum Gasteiger partial charge on any atom is 0.289 e. The number of nitrogens with one attached hydrogen (secondary N) is 2. The van der Waals surface area contributed by atoms with E-state index in [1.54, 1.807) is 17.5 Å². The fourth-order valence-corrected chi connectivity index (χ4v) is 2.18. The van der Waals surface area contributed by atoms with Gasteiger partial charge >= 0.3 is 0 Å². The van der Waals surface area contributed by atoms with Gasteiger partial charge in [-0.2, -0.15) is 0 Å². The number of rotatable bonds is 2. The molecule has 0 aliphatic carbocycles. The smallest absolute Gasteiger partial charge is 0.266 e. The summed E-state index contributed by atoms with van der Waals surface area (Å²) in [7, 11) is 0. The monoisotopic (exact) mass is 315 g/mol. The van der Waals surface area contributed by atoms with Gasteiger partial charge in [0.25, 0.3) is 11.8 Å². The molecule has 2 aromatic heterocycles. The molecular formula is C11H7Cl2N3O2S. The van der Waals surface area contributed by atoms with Crippen molar-refractivity contribution in [1.29, 1.82) is 0 Å². The maximum absolute atomic E-state index is 11.8. The summed E-state index contributed by atoms with van der Waals surface area (Å²) in [4.78, 5) is 27.6. The Morgan fingerprint density at radius 1 is 1.11 bits per heavy atom. The number of hydrazine groups is 1. The summed E-state index contributed by atoms with van der Waals surface area (Å²) in [6.07, 6.45) is 0. The topological polar surface area (TPSA) is 71.1 Å². The van der Waals surface area contributed by atoms with Crippen molar-refractivity contribution in [3.05, 3.63) is 50.4 Å². The molecule has 0 atom stereocenters. The number of thiophene rings is 1. The number of aromatic nitrogens is 1. The molecule has 0 aromatic carbocycles. The lowest BCUT2D eigenvalue weighted by Crippen LogP contribution is -2.41. The van der Waals surface area contributed by atoms with Crippen LogP contribution in [0.4, 0.5) is 0 Å². The minimum absolute atomic E-state index is 0.0550. The normalized spacial score (nSPS) is 10.0. The Bertz CT molecular complexity index is 616. The molecule has 0 bridgehead atoms. The van der Waals surface area contributed by atoms with E-state index in [9.17, 15) is 9.59 Å². The molecule has 0 aliphatic rings. The van der Waals surface area contributed by atoms with Crippen LogP contribution in [0.5, 0.6) is 0 Å². The molecule has 0 saturated heterocycles. The molecule has 98 valence electrons. The van der Waals surface area contributed by atoms with E-state index in [1.165, 1.54) is 23.5 Å². The van der Waals surface area contributed by atoms with Crippen LogP contribution in [0.25, 0.3) is 0 Å². The van der Waals surface area contributed by atoms with E-state index in [2.05, 4.69) is 15.8 Å². The molecule has 0 fully saturated rings. The molecule has 0 radical (unpaired) electrons. The van der Waals surface area contributed by atoms with Crippen LogP contribution in [0.1, 0.15) is 20.2 Å². The van der Waals surface area contributed by atoms with Crippen LogP contribution < -0.4 is 10.9 Å². The van der Waals surface area contributed by atoms with Gasteiger partial charge in [-0.25, -0.2) is 4.98 Å². The second-order valence-corrected chi connectivity index (χ2v) is 5.09. The molecule has 2 heterocycles. The average Bonchev–Trinajstić information content (AvgIpc) is 2.92. The standard InChI is InChI=1S/C11H7Cl2N3O2S/c12-6-3-4-8(13)14-9(6)11(18)16-15-10(17)7-2-1-5-19-7/h1-5H,(H,15,17)(H,16,18). The Morgan fingerprint density at radius 2 is 1.84 bits per heavy atom. The third-order valence-electron chi connectivity index (χ3n) is 2.06. The number of nitrogens with zero attached hydrogens (tertiary/aromatic N) is 1. The van der Waals surface area contributed by atoms with Crippen molar-refractivity contribution in [2.45, 2.75) is 0 Å². The van der Waals surface area contributed by atoms with Gasteiger partial charge in [-0.3, -0.25) is 20.4 Å². The SMILES string of the molecule is O=C(NNC(=O)c1nc(Cl)ccc1Cl)c1cccs1. The first-order valence-electron chi connectivity index (χ1n) is 5.04. The van der Waals surface area contributed by atoms with E-state index in [0.29, 0.717) is 4.88 Å². The summed E-state index contributed by atoms with van der Waals surface area (Å²) in [6.45, 7) is 0. The second-order valence-electron chi connectivity index (χ2n) is 3.35. The minimum atomic E-state index is -0.641.